The van der Waals surface area contributed by atoms with E-state index in [1.165, 1.54) is 5.57 Å². The molecule has 0 aromatic rings. The fraction of sp³-hybridized carbons (Fsp3) is 0.625. The second-order valence-corrected chi connectivity index (χ2v) is 2.05. The van der Waals surface area contributed by atoms with Crippen molar-refractivity contribution in [3.63, 3.8) is 0 Å². The van der Waals surface area contributed by atoms with Crippen LogP contribution in [0.15, 0.2) is 11.1 Å². The first-order valence-corrected chi connectivity index (χ1v) is 3.34. The first kappa shape index (κ1) is 8.23. The summed E-state index contributed by atoms with van der Waals surface area (Å²) in [5.41, 5.74) is 2.16. The quantitative estimate of drug-likeness (QED) is 0.518. The second-order valence-electron chi connectivity index (χ2n) is 2.05. The summed E-state index contributed by atoms with van der Waals surface area (Å²) in [5.74, 6) is 0. The highest BCUT2D eigenvalue weighted by molar-refractivity contribution is 5.24. The lowest BCUT2D eigenvalue weighted by molar-refractivity contribution is 0.958. The van der Waals surface area contributed by atoms with Crippen molar-refractivity contribution in [1.29, 1.82) is 5.26 Å². The van der Waals surface area contributed by atoms with Crippen molar-refractivity contribution in [2.75, 3.05) is 0 Å². The third-order valence-electron chi connectivity index (χ3n) is 1.55. The Labute approximate surface area is 57.0 Å². The van der Waals surface area contributed by atoms with Gasteiger partial charge < -0.3 is 0 Å². The Balaban J connectivity index is 4.23. The lowest BCUT2D eigenvalue weighted by Gasteiger charge is -1.98. The number of nitriles is 1. The normalized spacial score (nSPS) is 8.22. The van der Waals surface area contributed by atoms with E-state index >= 15 is 0 Å². The van der Waals surface area contributed by atoms with E-state index in [2.05, 4.69) is 19.9 Å². The molecule has 0 aliphatic rings. The molecule has 0 N–H and O–H groups in total. The van der Waals surface area contributed by atoms with Gasteiger partial charge in [-0.15, -0.1) is 0 Å². The highest BCUT2D eigenvalue weighted by Crippen LogP contribution is 2.10. The molecular formula is C8H13N. The molecule has 0 saturated heterocycles. The van der Waals surface area contributed by atoms with Gasteiger partial charge in [-0.05, 0) is 19.8 Å². The zero-order chi connectivity index (χ0) is 7.28. The summed E-state index contributed by atoms with van der Waals surface area (Å²) in [5, 5.41) is 8.46. The number of allylic oxidation sites excluding steroid dienone is 2. The standard InChI is InChI=1S/C8H13N/c1-4-8(5-2)7(3)6-9/h4-5H2,1-3H3. The molecule has 0 amide bonds. The van der Waals surface area contributed by atoms with E-state index in [0.29, 0.717) is 0 Å². The van der Waals surface area contributed by atoms with E-state index in [0.717, 1.165) is 18.4 Å². The summed E-state index contributed by atoms with van der Waals surface area (Å²) in [7, 11) is 0. The van der Waals surface area contributed by atoms with Crippen LogP contribution in [0, 0.1) is 11.3 Å². The molecule has 0 aromatic carbocycles. The number of nitrogens with zero attached hydrogens (tertiary/aromatic N) is 1. The summed E-state index contributed by atoms with van der Waals surface area (Å²) in [6.45, 7) is 6.04. The van der Waals surface area contributed by atoms with Gasteiger partial charge in [-0.2, -0.15) is 5.26 Å². The van der Waals surface area contributed by atoms with Gasteiger partial charge in [-0.1, -0.05) is 19.4 Å². The van der Waals surface area contributed by atoms with Crippen LogP contribution in [0.1, 0.15) is 33.6 Å². The molecule has 1 nitrogen and oxygen atoms in total. The van der Waals surface area contributed by atoms with Gasteiger partial charge in [0.25, 0.3) is 0 Å². The Morgan fingerprint density at radius 1 is 1.33 bits per heavy atom. The van der Waals surface area contributed by atoms with Gasteiger partial charge in [-0.25, -0.2) is 0 Å². The van der Waals surface area contributed by atoms with Crippen LogP contribution in [0.5, 0.6) is 0 Å². The average molecular weight is 123 g/mol. The molecule has 1 heteroatoms. The van der Waals surface area contributed by atoms with Crippen molar-refractivity contribution in [3.8, 4) is 6.07 Å². The highest BCUT2D eigenvalue weighted by Gasteiger charge is 1.94. The van der Waals surface area contributed by atoms with E-state index < -0.39 is 0 Å². The minimum absolute atomic E-state index is 0.889. The molecule has 0 fully saturated rings. The molecule has 0 aromatic heterocycles. The van der Waals surface area contributed by atoms with Gasteiger partial charge in [0.1, 0.15) is 0 Å². The summed E-state index contributed by atoms with van der Waals surface area (Å²) < 4.78 is 0. The Hall–Kier alpha value is -0.770. The maximum Gasteiger partial charge on any atom is 0.0943 e. The molecule has 0 radical (unpaired) electrons. The number of rotatable bonds is 2. The number of hydrogen-bond acceptors (Lipinski definition) is 1. The van der Waals surface area contributed by atoms with Crippen LogP contribution in [0.25, 0.3) is 0 Å². The van der Waals surface area contributed by atoms with Gasteiger partial charge >= 0.3 is 0 Å². The van der Waals surface area contributed by atoms with Crippen LogP contribution in [0.3, 0.4) is 0 Å². The molecule has 0 aliphatic carbocycles. The minimum Gasteiger partial charge on any atom is -0.193 e. The Morgan fingerprint density at radius 3 is 1.89 bits per heavy atom. The molecule has 0 spiro atoms. The van der Waals surface area contributed by atoms with Crippen LogP contribution < -0.4 is 0 Å². The molecule has 0 heterocycles. The largest absolute Gasteiger partial charge is 0.193 e. The molecule has 9 heavy (non-hydrogen) atoms. The Kier molecular flexibility index (Phi) is 3.79. The maximum atomic E-state index is 8.46. The van der Waals surface area contributed by atoms with E-state index in [-0.39, 0.29) is 0 Å². The SMILES string of the molecule is CCC(CC)=C(C)C#N. The fourth-order valence-corrected chi connectivity index (χ4v) is 0.859. The zero-order valence-corrected chi connectivity index (χ0v) is 6.36. The molecular weight excluding hydrogens is 110 g/mol. The third-order valence-corrected chi connectivity index (χ3v) is 1.55. The van der Waals surface area contributed by atoms with Crippen molar-refractivity contribution < 1.29 is 0 Å². The van der Waals surface area contributed by atoms with E-state index in [1.807, 2.05) is 6.92 Å². The van der Waals surface area contributed by atoms with Crippen LogP contribution in [0.4, 0.5) is 0 Å². The molecule has 0 unspecified atom stereocenters. The van der Waals surface area contributed by atoms with Crippen LogP contribution >= 0.6 is 0 Å². The fourth-order valence-electron chi connectivity index (χ4n) is 0.859. The van der Waals surface area contributed by atoms with Crippen molar-refractivity contribution >= 4 is 0 Å². The molecule has 0 atom stereocenters. The molecule has 0 aliphatic heterocycles. The summed E-state index contributed by atoms with van der Waals surface area (Å²) in [4.78, 5) is 0. The topological polar surface area (TPSA) is 23.8 Å². The van der Waals surface area contributed by atoms with Gasteiger partial charge in [0.15, 0.2) is 0 Å². The predicted molar refractivity (Wildman–Crippen MR) is 38.9 cm³/mol. The van der Waals surface area contributed by atoms with Crippen LogP contribution in [-0.4, -0.2) is 0 Å². The average Bonchev–Trinajstić information content (AvgIpc) is 1.90. The summed E-state index contributed by atoms with van der Waals surface area (Å²) in [6, 6.07) is 2.15. The Morgan fingerprint density at radius 2 is 1.78 bits per heavy atom. The number of hydrogen-bond donors (Lipinski definition) is 0. The van der Waals surface area contributed by atoms with Gasteiger partial charge in [-0.3, -0.25) is 0 Å². The van der Waals surface area contributed by atoms with E-state index in [1.54, 1.807) is 0 Å². The first-order chi connectivity index (χ1) is 4.26. The van der Waals surface area contributed by atoms with Gasteiger partial charge in [0.2, 0.25) is 0 Å². The zero-order valence-electron chi connectivity index (χ0n) is 6.36. The summed E-state index contributed by atoms with van der Waals surface area (Å²) >= 11 is 0. The predicted octanol–water partition coefficient (Wildman–Crippen LogP) is 2.65. The smallest absolute Gasteiger partial charge is 0.0943 e. The van der Waals surface area contributed by atoms with Crippen LogP contribution in [0.2, 0.25) is 0 Å². The minimum atomic E-state index is 0.889. The monoisotopic (exact) mass is 123 g/mol. The van der Waals surface area contributed by atoms with E-state index in [4.69, 9.17) is 5.26 Å². The van der Waals surface area contributed by atoms with Crippen molar-refractivity contribution in [2.24, 2.45) is 0 Å². The van der Waals surface area contributed by atoms with Crippen molar-refractivity contribution in [2.45, 2.75) is 33.6 Å². The maximum absolute atomic E-state index is 8.46. The highest BCUT2D eigenvalue weighted by atomic mass is 14.2. The molecule has 50 valence electrons. The lowest BCUT2D eigenvalue weighted by atomic mass is 10.1. The lowest BCUT2D eigenvalue weighted by Crippen LogP contribution is -1.81. The van der Waals surface area contributed by atoms with Gasteiger partial charge in [0, 0.05) is 5.57 Å². The molecule has 0 saturated carbocycles. The van der Waals surface area contributed by atoms with E-state index in [9.17, 15) is 0 Å². The molecule has 0 rings (SSSR count). The van der Waals surface area contributed by atoms with Crippen LogP contribution in [-0.2, 0) is 0 Å². The van der Waals surface area contributed by atoms with Crippen molar-refractivity contribution in [3.05, 3.63) is 11.1 Å². The molecule has 0 bridgehead atoms. The van der Waals surface area contributed by atoms with Crippen molar-refractivity contribution in [1.82, 2.24) is 0 Å². The second kappa shape index (κ2) is 4.14. The summed E-state index contributed by atoms with van der Waals surface area (Å²) in [6.07, 6.45) is 2.02. The Bertz CT molecular complexity index is 142. The van der Waals surface area contributed by atoms with Gasteiger partial charge in [0.05, 0.1) is 6.07 Å². The first-order valence-electron chi connectivity index (χ1n) is 3.34. The third kappa shape index (κ3) is 2.32.